The molecule has 92 valence electrons. The zero-order valence-electron chi connectivity index (χ0n) is 9.10. The van der Waals surface area contributed by atoms with Gasteiger partial charge in [0.25, 0.3) is 5.91 Å². The number of nitrogens with one attached hydrogen (secondary N) is 1. The van der Waals surface area contributed by atoms with Crippen LogP contribution in [0.2, 0.25) is 0 Å². The number of carbonyl (C=O) groups excluding carboxylic acids is 1. The van der Waals surface area contributed by atoms with E-state index in [4.69, 9.17) is 11.6 Å². The average molecular weight is 260 g/mol. The molecule has 0 atom stereocenters. The number of carbonyl (C=O) groups is 1. The van der Waals surface area contributed by atoms with E-state index in [0.29, 0.717) is 12.4 Å². The second kappa shape index (κ2) is 4.61. The SMILES string of the molecule is O=C(NCC1(CCl)CC1)c1ccc(F)c(F)c1. The molecule has 17 heavy (non-hydrogen) atoms. The fourth-order valence-electron chi connectivity index (χ4n) is 1.54. The Morgan fingerprint density at radius 2 is 2.06 bits per heavy atom. The van der Waals surface area contributed by atoms with E-state index in [-0.39, 0.29) is 11.0 Å². The lowest BCUT2D eigenvalue weighted by Gasteiger charge is -2.12. The van der Waals surface area contributed by atoms with Crippen molar-refractivity contribution in [2.75, 3.05) is 12.4 Å². The Labute approximate surface area is 103 Å². The Hall–Kier alpha value is -1.16. The van der Waals surface area contributed by atoms with E-state index in [1.807, 2.05) is 0 Å². The first-order chi connectivity index (χ1) is 8.06. The summed E-state index contributed by atoms with van der Waals surface area (Å²) in [4.78, 5) is 11.7. The van der Waals surface area contributed by atoms with Crippen LogP contribution in [0.15, 0.2) is 18.2 Å². The van der Waals surface area contributed by atoms with Crippen molar-refractivity contribution in [1.82, 2.24) is 5.32 Å². The monoisotopic (exact) mass is 259 g/mol. The highest BCUT2D eigenvalue weighted by Gasteiger charge is 2.41. The van der Waals surface area contributed by atoms with Crippen LogP contribution in [0.25, 0.3) is 0 Å². The van der Waals surface area contributed by atoms with Crippen molar-refractivity contribution < 1.29 is 13.6 Å². The van der Waals surface area contributed by atoms with Crippen molar-refractivity contribution in [3.8, 4) is 0 Å². The minimum atomic E-state index is -1.02. The quantitative estimate of drug-likeness (QED) is 0.828. The highest BCUT2D eigenvalue weighted by Crippen LogP contribution is 2.45. The fraction of sp³-hybridized carbons (Fsp3) is 0.417. The molecular weight excluding hydrogens is 248 g/mol. The molecule has 1 aromatic carbocycles. The average Bonchev–Trinajstić information content (AvgIpc) is 3.10. The van der Waals surface area contributed by atoms with Crippen LogP contribution in [0, 0.1) is 17.0 Å². The molecule has 1 aliphatic carbocycles. The van der Waals surface area contributed by atoms with E-state index < -0.39 is 17.5 Å². The molecule has 0 aromatic heterocycles. The number of benzene rings is 1. The number of alkyl halides is 1. The van der Waals surface area contributed by atoms with E-state index in [2.05, 4.69) is 5.32 Å². The summed E-state index contributed by atoms with van der Waals surface area (Å²) in [6.07, 6.45) is 1.99. The molecule has 1 aliphatic rings. The Morgan fingerprint density at radius 1 is 1.35 bits per heavy atom. The highest BCUT2D eigenvalue weighted by atomic mass is 35.5. The standard InChI is InChI=1S/C12H12ClF2NO/c13-6-12(3-4-12)7-16-11(17)8-1-2-9(14)10(15)5-8/h1-2,5H,3-4,6-7H2,(H,16,17). The molecule has 0 unspecified atom stereocenters. The van der Waals surface area contributed by atoms with E-state index >= 15 is 0 Å². The van der Waals surface area contributed by atoms with Gasteiger partial charge in [-0.2, -0.15) is 0 Å². The van der Waals surface area contributed by atoms with Gasteiger partial charge in [0.15, 0.2) is 11.6 Å². The molecule has 0 radical (unpaired) electrons. The van der Waals surface area contributed by atoms with Crippen molar-refractivity contribution in [3.63, 3.8) is 0 Å². The second-order valence-corrected chi connectivity index (χ2v) is 4.71. The zero-order chi connectivity index (χ0) is 12.5. The Bertz CT molecular complexity index is 446. The summed E-state index contributed by atoms with van der Waals surface area (Å²) in [5.74, 6) is -1.87. The van der Waals surface area contributed by atoms with Gasteiger partial charge in [-0.3, -0.25) is 4.79 Å². The lowest BCUT2D eigenvalue weighted by Crippen LogP contribution is -2.31. The predicted octanol–water partition coefficient (Wildman–Crippen LogP) is 2.71. The van der Waals surface area contributed by atoms with Gasteiger partial charge in [0.1, 0.15) is 0 Å². The van der Waals surface area contributed by atoms with E-state index in [1.165, 1.54) is 6.07 Å². The van der Waals surface area contributed by atoms with Gasteiger partial charge in [-0.05, 0) is 31.0 Å². The number of rotatable bonds is 4. The predicted molar refractivity (Wildman–Crippen MR) is 61.1 cm³/mol. The molecule has 1 N–H and O–H groups in total. The van der Waals surface area contributed by atoms with Gasteiger partial charge in [0.2, 0.25) is 0 Å². The molecule has 0 aliphatic heterocycles. The number of hydrogen-bond donors (Lipinski definition) is 1. The normalized spacial score (nSPS) is 16.6. The second-order valence-electron chi connectivity index (χ2n) is 4.45. The largest absolute Gasteiger partial charge is 0.351 e. The summed E-state index contributed by atoms with van der Waals surface area (Å²) in [7, 11) is 0. The Morgan fingerprint density at radius 3 is 2.59 bits per heavy atom. The van der Waals surface area contributed by atoms with Gasteiger partial charge in [0, 0.05) is 23.4 Å². The molecule has 1 fully saturated rings. The van der Waals surface area contributed by atoms with Crippen LogP contribution in [0.5, 0.6) is 0 Å². The molecule has 1 saturated carbocycles. The van der Waals surface area contributed by atoms with Crippen molar-refractivity contribution >= 4 is 17.5 Å². The van der Waals surface area contributed by atoms with E-state index in [1.54, 1.807) is 0 Å². The van der Waals surface area contributed by atoms with E-state index in [9.17, 15) is 13.6 Å². The fourth-order valence-corrected chi connectivity index (χ4v) is 1.90. The first-order valence-electron chi connectivity index (χ1n) is 5.36. The lowest BCUT2D eigenvalue weighted by molar-refractivity contribution is 0.0946. The van der Waals surface area contributed by atoms with Crippen LogP contribution < -0.4 is 5.32 Å². The van der Waals surface area contributed by atoms with Crippen LogP contribution in [0.3, 0.4) is 0 Å². The molecular formula is C12H12ClF2NO. The third-order valence-corrected chi connectivity index (χ3v) is 3.61. The van der Waals surface area contributed by atoms with Crippen LogP contribution in [0.1, 0.15) is 23.2 Å². The summed E-state index contributed by atoms with van der Waals surface area (Å²) in [5.41, 5.74) is 0.129. The summed E-state index contributed by atoms with van der Waals surface area (Å²) >= 11 is 5.77. The van der Waals surface area contributed by atoms with Crippen LogP contribution >= 0.6 is 11.6 Å². The van der Waals surface area contributed by atoms with Gasteiger partial charge in [-0.25, -0.2) is 8.78 Å². The molecule has 2 rings (SSSR count). The van der Waals surface area contributed by atoms with Gasteiger partial charge in [0.05, 0.1) is 0 Å². The molecule has 5 heteroatoms. The summed E-state index contributed by atoms with van der Waals surface area (Å²) in [6, 6.07) is 3.09. The van der Waals surface area contributed by atoms with E-state index in [0.717, 1.165) is 25.0 Å². The van der Waals surface area contributed by atoms with Gasteiger partial charge >= 0.3 is 0 Å². The third kappa shape index (κ3) is 2.75. The molecule has 1 aromatic rings. The minimum Gasteiger partial charge on any atom is -0.351 e. The smallest absolute Gasteiger partial charge is 0.251 e. The summed E-state index contributed by atoms with van der Waals surface area (Å²) in [5, 5.41) is 2.69. The third-order valence-electron chi connectivity index (χ3n) is 3.05. The van der Waals surface area contributed by atoms with Crippen LogP contribution in [-0.4, -0.2) is 18.3 Å². The maximum absolute atomic E-state index is 12.9. The number of halogens is 3. The maximum Gasteiger partial charge on any atom is 0.251 e. The summed E-state index contributed by atoms with van der Waals surface area (Å²) < 4.78 is 25.6. The van der Waals surface area contributed by atoms with Crippen molar-refractivity contribution in [2.45, 2.75) is 12.8 Å². The van der Waals surface area contributed by atoms with Gasteiger partial charge < -0.3 is 5.32 Å². The Kier molecular flexibility index (Phi) is 3.33. The molecule has 2 nitrogen and oxygen atoms in total. The molecule has 0 heterocycles. The Balaban J connectivity index is 1.97. The number of hydrogen-bond acceptors (Lipinski definition) is 1. The van der Waals surface area contributed by atoms with Gasteiger partial charge in [-0.1, -0.05) is 0 Å². The van der Waals surface area contributed by atoms with Gasteiger partial charge in [-0.15, -0.1) is 11.6 Å². The highest BCUT2D eigenvalue weighted by molar-refractivity contribution is 6.18. The molecule has 1 amide bonds. The van der Waals surface area contributed by atoms with Crippen molar-refractivity contribution in [3.05, 3.63) is 35.4 Å². The minimum absolute atomic E-state index is 0.00971. The topological polar surface area (TPSA) is 29.1 Å². The number of amides is 1. The van der Waals surface area contributed by atoms with Crippen molar-refractivity contribution in [2.24, 2.45) is 5.41 Å². The maximum atomic E-state index is 12.9. The first kappa shape index (κ1) is 12.3. The summed E-state index contributed by atoms with van der Waals surface area (Å²) in [6.45, 7) is 0.480. The van der Waals surface area contributed by atoms with Crippen LogP contribution in [0.4, 0.5) is 8.78 Å². The molecule has 0 spiro atoms. The zero-order valence-corrected chi connectivity index (χ0v) is 9.86. The van der Waals surface area contributed by atoms with Crippen molar-refractivity contribution in [1.29, 1.82) is 0 Å². The lowest BCUT2D eigenvalue weighted by atomic mass is 10.1. The molecule has 0 saturated heterocycles. The van der Waals surface area contributed by atoms with Crippen LogP contribution in [-0.2, 0) is 0 Å². The first-order valence-corrected chi connectivity index (χ1v) is 5.89. The molecule has 0 bridgehead atoms.